The van der Waals surface area contributed by atoms with Gasteiger partial charge in [0.25, 0.3) is 0 Å². The number of methoxy groups -OCH3 is 1. The average molecular weight is 430 g/mol. The Balaban J connectivity index is 1.49. The molecule has 0 radical (unpaired) electrons. The third-order valence-corrected chi connectivity index (χ3v) is 8.09. The number of piperazine rings is 1. The Hall–Kier alpha value is -0.760. The number of nitrogens with zero attached hydrogens (tertiary/aromatic N) is 2. The number of halogens is 1. The van der Waals surface area contributed by atoms with Crippen LogP contribution >= 0.6 is 23.4 Å². The van der Waals surface area contributed by atoms with E-state index in [4.69, 9.17) is 16.3 Å². The summed E-state index contributed by atoms with van der Waals surface area (Å²) in [6.07, 6.45) is 4.42. The highest BCUT2D eigenvalue weighted by Crippen LogP contribution is 2.41. The Morgan fingerprint density at radius 1 is 1.25 bits per heavy atom. The summed E-state index contributed by atoms with van der Waals surface area (Å²) >= 11 is 8.73. The van der Waals surface area contributed by atoms with E-state index in [1.807, 2.05) is 16.7 Å². The molecule has 5 unspecified atom stereocenters. The minimum atomic E-state index is -0.0675. The molecule has 1 N–H and O–H groups in total. The smallest absolute Gasteiger partial charge is 0.246 e. The lowest BCUT2D eigenvalue weighted by Crippen LogP contribution is -2.55. The maximum absolute atomic E-state index is 12.7. The van der Waals surface area contributed by atoms with E-state index in [0.717, 1.165) is 12.8 Å². The first kappa shape index (κ1) is 21.9. The van der Waals surface area contributed by atoms with Crippen LogP contribution in [-0.4, -0.2) is 90.5 Å². The standard InChI is InChI=1S/C20H32ClN3O3S/c1-3-19(25)23-5-7-24(8-6-23)20(26)12-22-17-10-15(14-4-9-28-13-14)16(21)11-18(17)27-2/h3,14-18,22H,1,4-13H2,2H3. The van der Waals surface area contributed by atoms with Gasteiger partial charge in [0, 0.05) is 44.7 Å². The number of thioether (sulfide) groups is 1. The first-order valence-corrected chi connectivity index (χ1v) is 11.8. The number of carbonyl (C=O) groups excluding carboxylic acids is 2. The zero-order valence-corrected chi connectivity index (χ0v) is 18.2. The fourth-order valence-corrected chi connectivity index (χ4v) is 6.48. The highest BCUT2D eigenvalue weighted by atomic mass is 35.5. The van der Waals surface area contributed by atoms with Crippen molar-refractivity contribution in [2.45, 2.75) is 36.8 Å². The van der Waals surface area contributed by atoms with Crippen LogP contribution in [0.4, 0.5) is 0 Å². The minimum absolute atomic E-state index is 0.0441. The molecule has 8 heteroatoms. The normalized spacial score (nSPS) is 33.7. The Labute approximate surface area is 177 Å². The van der Waals surface area contributed by atoms with Gasteiger partial charge in [0.05, 0.1) is 12.6 Å². The van der Waals surface area contributed by atoms with Crippen LogP contribution in [0.5, 0.6) is 0 Å². The largest absolute Gasteiger partial charge is 0.380 e. The summed E-state index contributed by atoms with van der Waals surface area (Å²) in [4.78, 5) is 27.9. The molecule has 5 atom stereocenters. The lowest BCUT2D eigenvalue weighted by molar-refractivity contribution is -0.136. The average Bonchev–Trinajstić information content (AvgIpc) is 3.26. The van der Waals surface area contributed by atoms with Crippen LogP contribution in [0.15, 0.2) is 12.7 Å². The molecule has 1 aliphatic carbocycles. The molecule has 0 aromatic heterocycles. The number of ether oxygens (including phenoxy) is 1. The molecular formula is C20H32ClN3O3S. The number of carbonyl (C=O) groups is 2. The number of rotatable bonds is 6. The number of alkyl halides is 1. The Bertz CT molecular complexity index is 565. The molecule has 158 valence electrons. The molecule has 2 saturated heterocycles. The SMILES string of the molecule is C=CC(=O)N1CCN(C(=O)CNC2CC(C3CCSC3)C(Cl)CC2OC)CC1. The van der Waals surface area contributed by atoms with E-state index in [9.17, 15) is 9.59 Å². The summed E-state index contributed by atoms with van der Waals surface area (Å²) in [6.45, 7) is 6.10. The number of amides is 2. The van der Waals surface area contributed by atoms with Gasteiger partial charge in [0.15, 0.2) is 0 Å². The van der Waals surface area contributed by atoms with Crippen molar-refractivity contribution < 1.29 is 14.3 Å². The van der Waals surface area contributed by atoms with Crippen LogP contribution in [0.3, 0.4) is 0 Å². The van der Waals surface area contributed by atoms with Crippen molar-refractivity contribution in [3.8, 4) is 0 Å². The van der Waals surface area contributed by atoms with E-state index in [2.05, 4.69) is 11.9 Å². The van der Waals surface area contributed by atoms with Crippen LogP contribution in [0, 0.1) is 11.8 Å². The quantitative estimate of drug-likeness (QED) is 0.513. The molecule has 2 amide bonds. The van der Waals surface area contributed by atoms with Crippen molar-refractivity contribution in [2.24, 2.45) is 11.8 Å². The third kappa shape index (κ3) is 5.23. The van der Waals surface area contributed by atoms with E-state index in [1.165, 1.54) is 24.0 Å². The van der Waals surface area contributed by atoms with Gasteiger partial charge in [-0.05, 0) is 48.7 Å². The summed E-state index contributed by atoms with van der Waals surface area (Å²) in [5.41, 5.74) is 0. The lowest BCUT2D eigenvalue weighted by Gasteiger charge is -2.41. The predicted molar refractivity (Wildman–Crippen MR) is 114 cm³/mol. The van der Waals surface area contributed by atoms with Crippen LogP contribution in [0.1, 0.15) is 19.3 Å². The van der Waals surface area contributed by atoms with Gasteiger partial charge < -0.3 is 19.9 Å². The predicted octanol–water partition coefficient (Wildman–Crippen LogP) is 1.59. The zero-order valence-electron chi connectivity index (χ0n) is 16.6. The highest BCUT2D eigenvalue weighted by molar-refractivity contribution is 7.99. The molecule has 2 aliphatic heterocycles. The first-order chi connectivity index (χ1) is 13.5. The summed E-state index contributed by atoms with van der Waals surface area (Å²) < 4.78 is 5.69. The molecule has 0 aromatic carbocycles. The lowest BCUT2D eigenvalue weighted by atomic mass is 9.76. The highest BCUT2D eigenvalue weighted by Gasteiger charge is 2.41. The number of hydrogen-bond donors (Lipinski definition) is 1. The van der Waals surface area contributed by atoms with Crippen LogP contribution < -0.4 is 5.32 Å². The van der Waals surface area contributed by atoms with Gasteiger partial charge in [-0.1, -0.05) is 6.58 Å². The van der Waals surface area contributed by atoms with E-state index in [0.29, 0.717) is 44.6 Å². The topological polar surface area (TPSA) is 61.9 Å². The van der Waals surface area contributed by atoms with E-state index < -0.39 is 0 Å². The molecule has 0 spiro atoms. The van der Waals surface area contributed by atoms with Gasteiger partial charge >= 0.3 is 0 Å². The maximum Gasteiger partial charge on any atom is 0.246 e. The zero-order chi connectivity index (χ0) is 20.1. The molecule has 3 fully saturated rings. The fourth-order valence-electron chi connectivity index (χ4n) is 4.64. The van der Waals surface area contributed by atoms with E-state index in [-0.39, 0.29) is 29.3 Å². The monoisotopic (exact) mass is 429 g/mol. The molecule has 2 heterocycles. The molecule has 0 bridgehead atoms. The second-order valence-corrected chi connectivity index (χ2v) is 9.66. The number of hydrogen-bond acceptors (Lipinski definition) is 5. The Morgan fingerprint density at radius 2 is 1.96 bits per heavy atom. The van der Waals surface area contributed by atoms with Gasteiger partial charge in [-0.2, -0.15) is 11.8 Å². The van der Waals surface area contributed by atoms with Crippen molar-refractivity contribution in [1.29, 1.82) is 0 Å². The van der Waals surface area contributed by atoms with Crippen molar-refractivity contribution in [3.05, 3.63) is 12.7 Å². The molecule has 1 saturated carbocycles. The van der Waals surface area contributed by atoms with Crippen molar-refractivity contribution in [3.63, 3.8) is 0 Å². The molecule has 3 aliphatic rings. The van der Waals surface area contributed by atoms with Crippen molar-refractivity contribution in [1.82, 2.24) is 15.1 Å². The maximum atomic E-state index is 12.7. The summed E-state index contributed by atoms with van der Waals surface area (Å²) in [5, 5.41) is 3.61. The van der Waals surface area contributed by atoms with Gasteiger partial charge in [-0.15, -0.1) is 11.6 Å². The van der Waals surface area contributed by atoms with Crippen LogP contribution in [-0.2, 0) is 14.3 Å². The second-order valence-electron chi connectivity index (χ2n) is 7.95. The Morgan fingerprint density at radius 3 is 2.57 bits per heavy atom. The van der Waals surface area contributed by atoms with Crippen molar-refractivity contribution in [2.75, 3.05) is 51.3 Å². The van der Waals surface area contributed by atoms with Gasteiger partial charge in [-0.3, -0.25) is 9.59 Å². The van der Waals surface area contributed by atoms with Crippen molar-refractivity contribution >= 4 is 35.2 Å². The molecule has 6 nitrogen and oxygen atoms in total. The summed E-state index contributed by atoms with van der Waals surface area (Å²) in [6, 6.07) is 0.156. The summed E-state index contributed by atoms with van der Waals surface area (Å²) in [7, 11) is 1.73. The summed E-state index contributed by atoms with van der Waals surface area (Å²) in [5.74, 6) is 3.62. The number of nitrogens with one attached hydrogen (secondary N) is 1. The molecular weight excluding hydrogens is 398 g/mol. The van der Waals surface area contributed by atoms with Crippen LogP contribution in [0.2, 0.25) is 0 Å². The molecule has 0 aromatic rings. The second kappa shape index (κ2) is 10.3. The van der Waals surface area contributed by atoms with Crippen LogP contribution in [0.25, 0.3) is 0 Å². The van der Waals surface area contributed by atoms with E-state index >= 15 is 0 Å². The molecule has 28 heavy (non-hydrogen) atoms. The van der Waals surface area contributed by atoms with Gasteiger partial charge in [-0.25, -0.2) is 0 Å². The van der Waals surface area contributed by atoms with Gasteiger partial charge in [0.2, 0.25) is 11.8 Å². The Kier molecular flexibility index (Phi) is 8.09. The van der Waals surface area contributed by atoms with Gasteiger partial charge in [0.1, 0.15) is 0 Å². The molecule has 3 rings (SSSR count). The minimum Gasteiger partial charge on any atom is -0.380 e. The third-order valence-electron chi connectivity index (χ3n) is 6.40. The first-order valence-electron chi connectivity index (χ1n) is 10.2. The van der Waals surface area contributed by atoms with E-state index in [1.54, 1.807) is 12.0 Å². The fraction of sp³-hybridized carbons (Fsp3) is 0.800.